The van der Waals surface area contributed by atoms with Crippen molar-refractivity contribution in [2.75, 3.05) is 32.0 Å². The zero-order valence-corrected chi connectivity index (χ0v) is 56.3. The van der Waals surface area contributed by atoms with Gasteiger partial charge in [0, 0.05) is 57.2 Å². The number of halogens is 1. The average molecular weight is 1370 g/mol. The van der Waals surface area contributed by atoms with Gasteiger partial charge in [-0.05, 0) is 165 Å². The molecule has 0 saturated carbocycles. The Hall–Kier alpha value is -13.1. The monoisotopic (exact) mass is 1370 g/mol. The molecule has 10 rings (SSSR count). The van der Waals surface area contributed by atoms with Crippen LogP contribution in [0.3, 0.4) is 0 Å². The maximum Gasteiger partial charge on any atom is 0.337 e. The number of carboxylic acids is 1. The smallest absolute Gasteiger partial charge is 0.337 e. The standard InChI is InChI=1S/C24H21N3O3.C23H19N3O3.C16H17NO2.C9H11NO2.C7H4N2O.ClH/c1-30-23(28)21-9-5-8-20(14-21)17-27(16-19-6-3-2-4-7-19)24(29)26-22-12-10-18(15-25)11-13-22;24-14-17-9-11-21(12-10-17)25-23(29)26(15-18-5-2-1-3-6-18)16-19-7-4-8-20(13-19)22(27)28;1-19-16(18)15-9-5-8-14(10-15)12-17-11-13-6-3-2-4-7-13;1-12-9(11)8-4-2-3-7(5-8)6-10;8-5-6-1-3-7(9-10)4-2-6;/h2-14H,16-17H2,1H3,(H,26,29);1-13H,15-16H2,(H,25,29)(H,27,28);2-10,17H,11-12H2,1H3;2-5H,6,10H2,1H3;1-4H;1H. The SMILES string of the molecule is COC(=O)c1cccc(CN(Cc2ccccc2)C(=O)Nc2ccc(C#N)cc2)c1.COC(=O)c1cccc(CN)c1.COC(=O)c1cccc(CNCc2ccccc2)c1.Cl.N#Cc1ccc(N=O)cc1.N#Cc1ccc(NC(=O)N(Cc2ccccc2)Cc2cccc(C(=O)O)c2)cc1. The molecule has 10 aromatic carbocycles. The van der Waals surface area contributed by atoms with E-state index in [2.05, 4.69) is 44.1 Å². The Kier molecular flexibility index (Phi) is 33.6. The van der Waals surface area contributed by atoms with Crippen LogP contribution in [-0.2, 0) is 60.0 Å². The van der Waals surface area contributed by atoms with Gasteiger partial charge in [0.1, 0.15) is 5.69 Å². The van der Waals surface area contributed by atoms with Gasteiger partial charge in [-0.15, -0.1) is 17.3 Å². The number of carboxylic acid groups (broad SMARTS) is 1. The predicted octanol–water partition coefficient (Wildman–Crippen LogP) is 15.1. The minimum atomic E-state index is -1.01. The molecule has 0 spiro atoms. The summed E-state index contributed by atoms with van der Waals surface area (Å²) in [6.45, 7) is 3.28. The second-order valence-electron chi connectivity index (χ2n) is 21.5. The number of carbonyl (C=O) groups excluding carboxylic acids is 5. The van der Waals surface area contributed by atoms with Gasteiger partial charge in [-0.3, -0.25) is 0 Å². The van der Waals surface area contributed by atoms with E-state index in [1.54, 1.807) is 131 Å². The third kappa shape index (κ3) is 27.5. The number of nitrogens with one attached hydrogen (secondary N) is 3. The Morgan fingerprint density at radius 3 is 1.08 bits per heavy atom. The number of aromatic carboxylic acids is 1. The first-order chi connectivity index (χ1) is 48.6. The van der Waals surface area contributed by atoms with Crippen LogP contribution in [0.15, 0.2) is 266 Å². The van der Waals surface area contributed by atoms with Gasteiger partial charge in [0.05, 0.1) is 78.5 Å². The third-order valence-electron chi connectivity index (χ3n) is 14.3. The summed E-state index contributed by atoms with van der Waals surface area (Å²) in [4.78, 5) is 84.6. The highest BCUT2D eigenvalue weighted by Gasteiger charge is 2.19. The van der Waals surface area contributed by atoms with E-state index in [9.17, 15) is 38.8 Å². The quantitative estimate of drug-likeness (QED) is 0.0269. The number of rotatable bonds is 20. The summed E-state index contributed by atoms with van der Waals surface area (Å²) in [6, 6.07) is 82.4. The Morgan fingerprint density at radius 2 is 0.713 bits per heavy atom. The number of amides is 4. The molecule has 10 aromatic rings. The minimum absolute atomic E-state index is 0. The number of benzene rings is 10. The molecule has 101 heavy (non-hydrogen) atoms. The Bertz CT molecular complexity index is 4440. The van der Waals surface area contributed by atoms with E-state index >= 15 is 0 Å². The summed E-state index contributed by atoms with van der Waals surface area (Å²) >= 11 is 0. The van der Waals surface area contributed by atoms with E-state index in [0.29, 0.717) is 76.6 Å². The van der Waals surface area contributed by atoms with Crippen LogP contribution in [0.25, 0.3) is 0 Å². The lowest BCUT2D eigenvalue weighted by atomic mass is 10.1. The second-order valence-corrected chi connectivity index (χ2v) is 21.5. The lowest BCUT2D eigenvalue weighted by Gasteiger charge is -2.24. The summed E-state index contributed by atoms with van der Waals surface area (Å²) in [5.74, 6) is -2.06. The third-order valence-corrected chi connectivity index (χ3v) is 14.3. The first-order valence-corrected chi connectivity index (χ1v) is 30.9. The number of nitriles is 3. The van der Waals surface area contributed by atoms with Crippen molar-refractivity contribution in [1.29, 1.82) is 15.8 Å². The number of nitrogens with zero attached hydrogens (tertiary/aromatic N) is 6. The maximum atomic E-state index is 13.0. The van der Waals surface area contributed by atoms with Crippen molar-refractivity contribution in [3.05, 3.63) is 344 Å². The van der Waals surface area contributed by atoms with E-state index in [4.69, 9.17) is 31.0 Å². The Balaban J connectivity index is 0.000000240. The first-order valence-electron chi connectivity index (χ1n) is 30.9. The van der Waals surface area contributed by atoms with Gasteiger partial charge in [0.2, 0.25) is 0 Å². The number of nitroso groups, excluding NO2 is 1. The molecular weight excluding hydrogens is 1300 g/mol. The summed E-state index contributed by atoms with van der Waals surface area (Å²) < 4.78 is 14.0. The molecule has 0 fully saturated rings. The lowest BCUT2D eigenvalue weighted by molar-refractivity contribution is 0.0591. The van der Waals surface area contributed by atoms with Crippen LogP contribution in [-0.4, -0.2) is 72.2 Å². The molecule has 0 saturated heterocycles. The normalized spacial score (nSPS) is 9.71. The molecule has 0 heterocycles. The van der Waals surface area contributed by atoms with E-state index in [1.165, 1.54) is 45.1 Å². The number of ether oxygens (including phenoxy) is 3. The predicted molar refractivity (Wildman–Crippen MR) is 387 cm³/mol. The highest BCUT2D eigenvalue weighted by Crippen LogP contribution is 2.19. The van der Waals surface area contributed by atoms with Crippen molar-refractivity contribution in [2.45, 2.75) is 45.8 Å². The number of hydrogen-bond acceptors (Lipinski definition) is 16. The van der Waals surface area contributed by atoms with Gasteiger partial charge in [-0.1, -0.05) is 140 Å². The van der Waals surface area contributed by atoms with Crippen LogP contribution in [0.1, 0.15) is 97.1 Å². The highest BCUT2D eigenvalue weighted by atomic mass is 35.5. The van der Waals surface area contributed by atoms with Gasteiger partial charge >= 0.3 is 35.9 Å². The molecule has 0 aliphatic rings. The van der Waals surface area contributed by atoms with Crippen LogP contribution in [0, 0.1) is 38.9 Å². The molecule has 22 heteroatoms. The van der Waals surface area contributed by atoms with E-state index in [0.717, 1.165) is 46.5 Å². The van der Waals surface area contributed by atoms with Gasteiger partial charge in [0.25, 0.3) is 0 Å². The Labute approximate surface area is 592 Å². The van der Waals surface area contributed by atoms with E-state index in [-0.39, 0.29) is 48.5 Å². The first kappa shape index (κ1) is 78.6. The number of hydrogen-bond donors (Lipinski definition) is 5. The molecule has 0 unspecified atom stereocenters. The van der Waals surface area contributed by atoms with Crippen molar-refractivity contribution in [3.63, 3.8) is 0 Å². The van der Waals surface area contributed by atoms with Crippen molar-refractivity contribution in [3.8, 4) is 18.2 Å². The fourth-order valence-electron chi connectivity index (χ4n) is 9.24. The van der Waals surface area contributed by atoms with Gasteiger partial charge in [0.15, 0.2) is 0 Å². The number of esters is 3. The fourth-order valence-corrected chi connectivity index (χ4v) is 9.24. The van der Waals surface area contributed by atoms with Crippen LogP contribution in [0.5, 0.6) is 0 Å². The lowest BCUT2D eigenvalue weighted by Crippen LogP contribution is -2.34. The largest absolute Gasteiger partial charge is 0.478 e. The van der Waals surface area contributed by atoms with Crippen molar-refractivity contribution >= 4 is 65.4 Å². The zero-order valence-electron chi connectivity index (χ0n) is 55.5. The molecule has 512 valence electrons. The molecule has 0 atom stereocenters. The van der Waals surface area contributed by atoms with Gasteiger partial charge in [-0.2, -0.15) is 15.8 Å². The molecule has 6 N–H and O–H groups in total. The summed E-state index contributed by atoms with van der Waals surface area (Å²) in [7, 11) is 4.09. The van der Waals surface area contributed by atoms with Crippen LogP contribution >= 0.6 is 12.4 Å². The molecular formula is C79H73ClN10O11. The van der Waals surface area contributed by atoms with E-state index < -0.39 is 11.9 Å². The fraction of sp³-hybridized carbons (Fsp3) is 0.127. The van der Waals surface area contributed by atoms with Crippen LogP contribution in [0.2, 0.25) is 0 Å². The molecule has 0 aliphatic heterocycles. The summed E-state index contributed by atoms with van der Waals surface area (Å²) in [5.41, 5.74) is 16.9. The Morgan fingerprint density at radius 1 is 0.406 bits per heavy atom. The molecule has 21 nitrogen and oxygen atoms in total. The average Bonchev–Trinajstić information content (AvgIpc) is 0.866. The molecule has 4 amide bonds. The maximum absolute atomic E-state index is 13.0. The number of carbonyl (C=O) groups is 6. The number of nitrogens with two attached hydrogens (primary N) is 1. The summed E-state index contributed by atoms with van der Waals surface area (Å²) in [6.07, 6.45) is 0. The number of methoxy groups -OCH3 is 3. The molecule has 0 aromatic heterocycles. The van der Waals surface area contributed by atoms with Crippen molar-refractivity contribution in [2.24, 2.45) is 10.9 Å². The molecule has 0 aliphatic carbocycles. The van der Waals surface area contributed by atoms with Crippen molar-refractivity contribution < 1.29 is 48.1 Å². The number of anilines is 2. The molecule has 0 bridgehead atoms. The van der Waals surface area contributed by atoms with Crippen LogP contribution in [0.4, 0.5) is 26.7 Å². The van der Waals surface area contributed by atoms with Gasteiger partial charge < -0.3 is 50.8 Å². The highest BCUT2D eigenvalue weighted by molar-refractivity contribution is 5.92. The van der Waals surface area contributed by atoms with E-state index in [1.807, 2.05) is 121 Å². The topological polar surface area (TPSA) is 320 Å². The van der Waals surface area contributed by atoms with Gasteiger partial charge in [-0.25, -0.2) is 28.8 Å². The number of urea groups is 2. The summed E-state index contributed by atoms with van der Waals surface area (Å²) in [5, 5.41) is 47.1. The van der Waals surface area contributed by atoms with Crippen LogP contribution < -0.4 is 21.7 Å². The molecule has 0 radical (unpaired) electrons. The second kappa shape index (κ2) is 43.2. The van der Waals surface area contributed by atoms with Crippen molar-refractivity contribution in [1.82, 2.24) is 15.1 Å². The zero-order chi connectivity index (χ0) is 71.9. The minimum Gasteiger partial charge on any atom is -0.478 e.